The van der Waals surface area contributed by atoms with E-state index in [1.165, 1.54) is 29.0 Å². The van der Waals surface area contributed by atoms with Gasteiger partial charge in [0, 0.05) is 26.2 Å². The summed E-state index contributed by atoms with van der Waals surface area (Å²) >= 11 is 0. The van der Waals surface area contributed by atoms with Crippen LogP contribution in [0.25, 0.3) is 0 Å². The smallest absolute Gasteiger partial charge is 0.264 e. The summed E-state index contributed by atoms with van der Waals surface area (Å²) in [6.07, 6.45) is 0. The maximum Gasteiger partial charge on any atom is 0.264 e. The van der Waals surface area contributed by atoms with E-state index in [-0.39, 0.29) is 10.8 Å². The molecule has 0 N–H and O–H groups in total. The van der Waals surface area contributed by atoms with Crippen molar-refractivity contribution in [1.82, 2.24) is 4.90 Å². The van der Waals surface area contributed by atoms with Crippen molar-refractivity contribution in [3.8, 4) is 0 Å². The summed E-state index contributed by atoms with van der Waals surface area (Å²) in [5, 5.41) is 0. The first-order valence-corrected chi connectivity index (χ1v) is 11.6. The van der Waals surface area contributed by atoms with Gasteiger partial charge in [-0.1, -0.05) is 62.4 Å². The molecule has 5 nitrogen and oxygen atoms in total. The summed E-state index contributed by atoms with van der Waals surface area (Å²) in [5.41, 5.74) is 3.16. The Hall–Kier alpha value is -3.12. The quantitative estimate of drug-likeness (QED) is 0.529. The van der Waals surface area contributed by atoms with Gasteiger partial charge < -0.3 is 4.90 Å². The van der Waals surface area contributed by atoms with Crippen molar-refractivity contribution in [3.63, 3.8) is 0 Å². The minimum atomic E-state index is -3.78. The normalized spacial score (nSPS) is 11.4. The molecule has 0 aliphatic heterocycles. The Morgan fingerprint density at radius 1 is 0.871 bits per heavy atom. The first-order chi connectivity index (χ1) is 14.7. The lowest BCUT2D eigenvalue weighted by atomic mass is 10.0. The van der Waals surface area contributed by atoms with Gasteiger partial charge in [-0.15, -0.1) is 0 Å². The Bertz CT molecular complexity index is 1140. The number of benzene rings is 3. The van der Waals surface area contributed by atoms with Crippen LogP contribution in [-0.4, -0.2) is 33.3 Å². The molecule has 31 heavy (non-hydrogen) atoms. The summed E-state index contributed by atoms with van der Waals surface area (Å²) in [7, 11) is -0.559. The molecule has 6 heteroatoms. The van der Waals surface area contributed by atoms with Gasteiger partial charge >= 0.3 is 0 Å². The number of carbonyl (C=O) groups is 1. The first-order valence-electron chi connectivity index (χ1n) is 10.2. The zero-order valence-electron chi connectivity index (χ0n) is 18.3. The molecule has 3 aromatic rings. The molecule has 0 bridgehead atoms. The highest BCUT2D eigenvalue weighted by molar-refractivity contribution is 7.92. The fourth-order valence-corrected chi connectivity index (χ4v) is 4.54. The second kappa shape index (κ2) is 9.35. The fraction of sp³-hybridized carbons (Fsp3) is 0.240. The summed E-state index contributed by atoms with van der Waals surface area (Å²) < 4.78 is 27.3. The van der Waals surface area contributed by atoms with Gasteiger partial charge in [-0.25, -0.2) is 8.42 Å². The first kappa shape index (κ1) is 22.6. The van der Waals surface area contributed by atoms with Gasteiger partial charge in [0.15, 0.2) is 0 Å². The van der Waals surface area contributed by atoms with Gasteiger partial charge in [-0.05, 0) is 47.4 Å². The van der Waals surface area contributed by atoms with Gasteiger partial charge in [-0.3, -0.25) is 9.10 Å². The number of anilines is 1. The van der Waals surface area contributed by atoms with E-state index in [0.29, 0.717) is 23.7 Å². The van der Waals surface area contributed by atoms with Crippen LogP contribution in [0.1, 0.15) is 41.3 Å². The number of carbonyl (C=O) groups excluding carboxylic acids is 1. The number of para-hydroxylation sites is 1. The third kappa shape index (κ3) is 5.14. The number of rotatable bonds is 7. The van der Waals surface area contributed by atoms with Gasteiger partial charge in [0.25, 0.3) is 15.9 Å². The molecular formula is C25H28N2O3S. The molecular weight excluding hydrogens is 408 g/mol. The van der Waals surface area contributed by atoms with E-state index in [2.05, 4.69) is 26.0 Å². The zero-order valence-corrected chi connectivity index (χ0v) is 19.1. The average molecular weight is 437 g/mol. The van der Waals surface area contributed by atoms with Crippen molar-refractivity contribution < 1.29 is 13.2 Å². The standard InChI is InChI=1S/C25H28N2O3S/c1-19(2)21-15-13-20(14-16-21)18-26(3)25(28)22-9-8-12-24(17-22)31(29,30)27(4)23-10-6-5-7-11-23/h5-17,19H,18H2,1-4H3. The topological polar surface area (TPSA) is 57.7 Å². The summed E-state index contributed by atoms with van der Waals surface area (Å²) in [5.74, 6) is 0.222. The maximum atomic E-state index is 13.1. The molecule has 0 spiro atoms. The van der Waals surface area contributed by atoms with Crippen LogP contribution in [-0.2, 0) is 16.6 Å². The lowest BCUT2D eigenvalue weighted by Crippen LogP contribution is -2.28. The van der Waals surface area contributed by atoms with E-state index in [1.807, 2.05) is 18.2 Å². The molecule has 0 aromatic heterocycles. The van der Waals surface area contributed by atoms with Crippen LogP contribution >= 0.6 is 0 Å². The highest BCUT2D eigenvalue weighted by atomic mass is 32.2. The van der Waals surface area contributed by atoms with Crippen LogP contribution in [0, 0.1) is 0 Å². The van der Waals surface area contributed by atoms with Crippen molar-refractivity contribution in [3.05, 3.63) is 95.6 Å². The summed E-state index contributed by atoms with van der Waals surface area (Å²) in [6, 6.07) is 23.2. The summed E-state index contributed by atoms with van der Waals surface area (Å²) in [6.45, 7) is 4.72. The minimum Gasteiger partial charge on any atom is -0.337 e. The van der Waals surface area contributed by atoms with E-state index >= 15 is 0 Å². The van der Waals surface area contributed by atoms with Crippen molar-refractivity contribution in [2.24, 2.45) is 0 Å². The van der Waals surface area contributed by atoms with Crippen molar-refractivity contribution in [1.29, 1.82) is 0 Å². The molecule has 0 atom stereocenters. The van der Waals surface area contributed by atoms with Crippen LogP contribution in [0.4, 0.5) is 5.69 Å². The highest BCUT2D eigenvalue weighted by Gasteiger charge is 2.23. The predicted octanol–water partition coefficient (Wildman–Crippen LogP) is 4.91. The Labute approximate surface area is 185 Å². The Morgan fingerprint density at radius 3 is 2.13 bits per heavy atom. The third-order valence-electron chi connectivity index (χ3n) is 5.27. The molecule has 0 unspecified atom stereocenters. The predicted molar refractivity (Wildman–Crippen MR) is 125 cm³/mol. The molecule has 0 saturated carbocycles. The summed E-state index contributed by atoms with van der Waals surface area (Å²) in [4.78, 5) is 14.6. The number of hydrogen-bond acceptors (Lipinski definition) is 3. The molecule has 1 amide bonds. The van der Waals surface area contributed by atoms with Crippen LogP contribution in [0.15, 0.2) is 83.8 Å². The Balaban J connectivity index is 1.79. The number of sulfonamides is 1. The Morgan fingerprint density at radius 2 is 1.52 bits per heavy atom. The van der Waals surface area contributed by atoms with E-state index in [4.69, 9.17) is 0 Å². The lowest BCUT2D eigenvalue weighted by molar-refractivity contribution is 0.0785. The zero-order chi connectivity index (χ0) is 22.6. The van der Waals surface area contributed by atoms with Gasteiger partial charge in [0.1, 0.15) is 0 Å². The monoisotopic (exact) mass is 436 g/mol. The van der Waals surface area contributed by atoms with Crippen molar-refractivity contribution in [2.45, 2.75) is 31.2 Å². The molecule has 0 fully saturated rings. The molecule has 0 aliphatic rings. The van der Waals surface area contributed by atoms with Crippen LogP contribution in [0.5, 0.6) is 0 Å². The van der Waals surface area contributed by atoms with Crippen LogP contribution in [0.3, 0.4) is 0 Å². The van der Waals surface area contributed by atoms with E-state index in [1.54, 1.807) is 48.3 Å². The molecule has 0 saturated heterocycles. The number of hydrogen-bond donors (Lipinski definition) is 0. The molecule has 3 rings (SSSR count). The molecule has 0 heterocycles. The number of nitrogens with zero attached hydrogens (tertiary/aromatic N) is 2. The third-order valence-corrected chi connectivity index (χ3v) is 7.05. The van der Waals surface area contributed by atoms with E-state index < -0.39 is 10.0 Å². The second-order valence-corrected chi connectivity index (χ2v) is 9.86. The number of amides is 1. The SMILES string of the molecule is CC(C)c1ccc(CN(C)C(=O)c2cccc(S(=O)(=O)N(C)c3ccccc3)c2)cc1. The molecule has 0 aliphatic carbocycles. The molecule has 3 aromatic carbocycles. The fourth-order valence-electron chi connectivity index (χ4n) is 3.30. The largest absolute Gasteiger partial charge is 0.337 e. The van der Waals surface area contributed by atoms with Crippen LogP contribution < -0.4 is 4.31 Å². The average Bonchev–Trinajstić information content (AvgIpc) is 2.79. The lowest BCUT2D eigenvalue weighted by Gasteiger charge is -2.21. The Kier molecular flexibility index (Phi) is 6.81. The van der Waals surface area contributed by atoms with Crippen molar-refractivity contribution in [2.75, 3.05) is 18.4 Å². The maximum absolute atomic E-state index is 13.1. The minimum absolute atomic E-state index is 0.0828. The molecule has 162 valence electrons. The van der Waals surface area contributed by atoms with Crippen molar-refractivity contribution >= 4 is 21.6 Å². The van der Waals surface area contributed by atoms with Gasteiger partial charge in [-0.2, -0.15) is 0 Å². The van der Waals surface area contributed by atoms with E-state index in [9.17, 15) is 13.2 Å². The highest BCUT2D eigenvalue weighted by Crippen LogP contribution is 2.23. The van der Waals surface area contributed by atoms with Gasteiger partial charge in [0.05, 0.1) is 10.6 Å². The van der Waals surface area contributed by atoms with Gasteiger partial charge in [0.2, 0.25) is 0 Å². The molecule has 0 radical (unpaired) electrons. The van der Waals surface area contributed by atoms with E-state index in [0.717, 1.165) is 5.56 Å². The van der Waals surface area contributed by atoms with Crippen LogP contribution in [0.2, 0.25) is 0 Å². The second-order valence-electron chi connectivity index (χ2n) is 7.89.